The van der Waals surface area contributed by atoms with Crippen LogP contribution in [0.15, 0.2) is 63.3 Å². The van der Waals surface area contributed by atoms with Gasteiger partial charge >= 0.3 is 0 Å². The van der Waals surface area contributed by atoms with Crippen LogP contribution in [0.5, 0.6) is 0 Å². The molecular weight excluding hydrogens is 364 g/mol. The maximum absolute atomic E-state index is 5.93. The standard InChI is InChI=1S/C16H16BrClN4/c17-13-1-5-15(6-2-13)19-20-22-11-9-21(10-12-22)16-7-3-14(18)4-8-16/h1-8H,9-12H2/b20-19+. The molecule has 2 aromatic rings. The highest BCUT2D eigenvalue weighted by Crippen LogP contribution is 2.20. The van der Waals surface area contributed by atoms with E-state index in [9.17, 15) is 0 Å². The van der Waals surface area contributed by atoms with Gasteiger partial charge in [-0.3, -0.25) is 5.01 Å². The second-order valence-corrected chi connectivity index (χ2v) is 6.44. The van der Waals surface area contributed by atoms with Crippen LogP contribution in [0.1, 0.15) is 0 Å². The third kappa shape index (κ3) is 3.99. The first kappa shape index (κ1) is 15.3. The van der Waals surface area contributed by atoms with Crippen LogP contribution in [0.4, 0.5) is 11.4 Å². The van der Waals surface area contributed by atoms with Crippen molar-refractivity contribution in [1.29, 1.82) is 0 Å². The highest BCUT2D eigenvalue weighted by molar-refractivity contribution is 9.10. The number of rotatable bonds is 3. The van der Waals surface area contributed by atoms with Crippen LogP contribution >= 0.6 is 27.5 Å². The van der Waals surface area contributed by atoms with Crippen LogP contribution in [0.3, 0.4) is 0 Å². The summed E-state index contributed by atoms with van der Waals surface area (Å²) in [6.07, 6.45) is 0. The van der Waals surface area contributed by atoms with Gasteiger partial charge in [0.1, 0.15) is 0 Å². The molecule has 0 aromatic heterocycles. The summed E-state index contributed by atoms with van der Waals surface area (Å²) in [5.74, 6) is 0. The van der Waals surface area contributed by atoms with E-state index in [1.165, 1.54) is 5.69 Å². The molecule has 1 aliphatic rings. The summed E-state index contributed by atoms with van der Waals surface area (Å²) in [5.41, 5.74) is 2.07. The van der Waals surface area contributed by atoms with Crippen molar-refractivity contribution >= 4 is 38.9 Å². The first-order chi connectivity index (χ1) is 10.7. The number of piperazine rings is 1. The smallest absolute Gasteiger partial charge is 0.0875 e. The van der Waals surface area contributed by atoms with E-state index in [1.54, 1.807) is 0 Å². The van der Waals surface area contributed by atoms with E-state index < -0.39 is 0 Å². The molecule has 1 heterocycles. The van der Waals surface area contributed by atoms with E-state index in [0.29, 0.717) is 0 Å². The normalized spacial score (nSPS) is 15.5. The zero-order valence-corrected chi connectivity index (χ0v) is 14.3. The molecule has 0 bridgehead atoms. The van der Waals surface area contributed by atoms with Gasteiger partial charge < -0.3 is 4.90 Å². The molecule has 1 saturated heterocycles. The van der Waals surface area contributed by atoms with Gasteiger partial charge in [-0.15, -0.1) is 5.11 Å². The molecule has 114 valence electrons. The average Bonchev–Trinajstić information content (AvgIpc) is 2.56. The third-order valence-electron chi connectivity index (χ3n) is 3.56. The van der Waals surface area contributed by atoms with E-state index >= 15 is 0 Å². The predicted octanol–water partition coefficient (Wildman–Crippen LogP) is 4.92. The fraction of sp³-hybridized carbons (Fsp3) is 0.250. The minimum Gasteiger partial charge on any atom is -0.368 e. The van der Waals surface area contributed by atoms with Crippen LogP contribution in [-0.2, 0) is 0 Å². The number of benzene rings is 2. The van der Waals surface area contributed by atoms with Gasteiger partial charge in [0.15, 0.2) is 0 Å². The molecule has 2 aromatic carbocycles. The van der Waals surface area contributed by atoms with Crippen molar-refractivity contribution in [2.45, 2.75) is 0 Å². The van der Waals surface area contributed by atoms with E-state index in [1.807, 2.05) is 41.4 Å². The summed E-state index contributed by atoms with van der Waals surface area (Å²) in [7, 11) is 0. The molecule has 1 aliphatic heterocycles. The lowest BCUT2D eigenvalue weighted by molar-refractivity contribution is 0.254. The molecule has 0 aliphatic carbocycles. The summed E-state index contributed by atoms with van der Waals surface area (Å²) in [6, 6.07) is 15.8. The predicted molar refractivity (Wildman–Crippen MR) is 93.9 cm³/mol. The molecule has 4 nitrogen and oxygen atoms in total. The first-order valence-electron chi connectivity index (χ1n) is 7.13. The summed E-state index contributed by atoms with van der Waals surface area (Å²) in [6.45, 7) is 3.59. The zero-order valence-electron chi connectivity index (χ0n) is 12.0. The monoisotopic (exact) mass is 378 g/mol. The molecule has 1 fully saturated rings. The second-order valence-electron chi connectivity index (χ2n) is 5.08. The number of anilines is 1. The van der Waals surface area contributed by atoms with E-state index in [2.05, 4.69) is 43.3 Å². The molecule has 0 atom stereocenters. The largest absolute Gasteiger partial charge is 0.368 e. The van der Waals surface area contributed by atoms with Gasteiger partial charge in [-0.2, -0.15) is 0 Å². The number of hydrogen-bond donors (Lipinski definition) is 0. The van der Waals surface area contributed by atoms with Gasteiger partial charge in [-0.05, 0) is 48.5 Å². The Labute approximate surface area is 143 Å². The molecule has 0 amide bonds. The zero-order chi connectivity index (χ0) is 15.4. The fourth-order valence-corrected chi connectivity index (χ4v) is 2.71. The minimum absolute atomic E-state index is 0.769. The molecule has 0 N–H and O–H groups in total. The van der Waals surface area contributed by atoms with E-state index in [0.717, 1.165) is 41.4 Å². The molecule has 0 saturated carbocycles. The Kier molecular flexibility index (Phi) is 4.95. The van der Waals surface area contributed by atoms with Crippen LogP contribution in [0.25, 0.3) is 0 Å². The average molecular weight is 380 g/mol. The highest BCUT2D eigenvalue weighted by atomic mass is 79.9. The Morgan fingerprint density at radius 1 is 0.864 bits per heavy atom. The Hall–Kier alpha value is -1.59. The van der Waals surface area contributed by atoms with E-state index in [4.69, 9.17) is 11.6 Å². The quantitative estimate of drug-likeness (QED) is 0.709. The lowest BCUT2D eigenvalue weighted by Crippen LogP contribution is -2.43. The lowest BCUT2D eigenvalue weighted by Gasteiger charge is -2.33. The molecular formula is C16H16BrClN4. The molecule has 0 spiro atoms. The van der Waals surface area contributed by atoms with Gasteiger partial charge in [0.2, 0.25) is 0 Å². The van der Waals surface area contributed by atoms with Crippen LogP contribution in [-0.4, -0.2) is 31.2 Å². The lowest BCUT2D eigenvalue weighted by atomic mass is 10.2. The second kappa shape index (κ2) is 7.11. The Bertz CT molecular complexity index is 634. The first-order valence-corrected chi connectivity index (χ1v) is 8.30. The molecule has 6 heteroatoms. The number of hydrogen-bond acceptors (Lipinski definition) is 3. The maximum atomic E-state index is 5.93. The van der Waals surface area contributed by atoms with Crippen molar-refractivity contribution in [2.75, 3.05) is 31.1 Å². The van der Waals surface area contributed by atoms with Gasteiger partial charge in [-0.25, -0.2) is 0 Å². The van der Waals surface area contributed by atoms with Crippen molar-refractivity contribution in [1.82, 2.24) is 5.01 Å². The summed E-state index contributed by atoms with van der Waals surface area (Å²) < 4.78 is 1.04. The van der Waals surface area contributed by atoms with Crippen molar-refractivity contribution in [3.05, 3.63) is 58.0 Å². The molecule has 22 heavy (non-hydrogen) atoms. The summed E-state index contributed by atoms with van der Waals surface area (Å²) >= 11 is 9.34. The Balaban J connectivity index is 1.55. The molecule has 0 unspecified atom stereocenters. The minimum atomic E-state index is 0.769. The van der Waals surface area contributed by atoms with Crippen LogP contribution in [0.2, 0.25) is 5.02 Å². The van der Waals surface area contributed by atoms with Crippen molar-refractivity contribution < 1.29 is 0 Å². The van der Waals surface area contributed by atoms with Gasteiger partial charge in [-0.1, -0.05) is 32.8 Å². The molecule has 3 rings (SSSR count). The Morgan fingerprint density at radius 2 is 1.50 bits per heavy atom. The van der Waals surface area contributed by atoms with E-state index in [-0.39, 0.29) is 0 Å². The fourth-order valence-electron chi connectivity index (χ4n) is 2.32. The number of nitrogens with zero attached hydrogens (tertiary/aromatic N) is 4. The Morgan fingerprint density at radius 3 is 2.14 bits per heavy atom. The third-order valence-corrected chi connectivity index (χ3v) is 4.34. The number of halogens is 2. The van der Waals surface area contributed by atoms with Gasteiger partial charge in [0, 0.05) is 28.3 Å². The van der Waals surface area contributed by atoms with Crippen molar-refractivity contribution in [3.63, 3.8) is 0 Å². The van der Waals surface area contributed by atoms with Gasteiger partial charge in [0.05, 0.1) is 18.8 Å². The highest BCUT2D eigenvalue weighted by Gasteiger charge is 2.15. The topological polar surface area (TPSA) is 31.2 Å². The van der Waals surface area contributed by atoms with Crippen LogP contribution < -0.4 is 4.90 Å². The van der Waals surface area contributed by atoms with Crippen LogP contribution in [0, 0.1) is 0 Å². The summed E-state index contributed by atoms with van der Waals surface area (Å²) in [5, 5.41) is 11.4. The summed E-state index contributed by atoms with van der Waals surface area (Å²) in [4.78, 5) is 2.34. The van der Waals surface area contributed by atoms with Crippen molar-refractivity contribution in [3.8, 4) is 0 Å². The molecule has 0 radical (unpaired) electrons. The maximum Gasteiger partial charge on any atom is 0.0875 e. The van der Waals surface area contributed by atoms with Gasteiger partial charge in [0.25, 0.3) is 0 Å². The van der Waals surface area contributed by atoms with Crippen molar-refractivity contribution in [2.24, 2.45) is 10.3 Å². The SMILES string of the molecule is Clc1ccc(N2CCN(/N=N/c3ccc(Br)cc3)CC2)cc1.